The highest BCUT2D eigenvalue weighted by atomic mass is 32.2. The van der Waals surface area contributed by atoms with E-state index in [2.05, 4.69) is 56.1 Å². The number of nitrogens with zero attached hydrogens (tertiary/aromatic N) is 1. The lowest BCUT2D eigenvalue weighted by molar-refractivity contribution is 0.0649. The summed E-state index contributed by atoms with van der Waals surface area (Å²) in [5.41, 5.74) is 0. The molecule has 0 heterocycles. The van der Waals surface area contributed by atoms with Crippen molar-refractivity contribution in [1.29, 1.82) is 0 Å². The molecular weight excluding hydrogens is 230 g/mol. The largest absolute Gasteiger partial charge is 0.377 e. The molecule has 0 radical (unpaired) electrons. The van der Waals surface area contributed by atoms with E-state index in [4.69, 9.17) is 4.74 Å². The Labute approximate surface area is 109 Å². The minimum atomic E-state index is 0.335. The van der Waals surface area contributed by atoms with Gasteiger partial charge in [-0.15, -0.1) is 11.8 Å². The van der Waals surface area contributed by atoms with Crippen LogP contribution >= 0.6 is 11.8 Å². The lowest BCUT2D eigenvalue weighted by Gasteiger charge is -2.17. The van der Waals surface area contributed by atoms with Crippen LogP contribution in [0, 0.1) is 0 Å². The van der Waals surface area contributed by atoms with Crippen LogP contribution in [0.5, 0.6) is 0 Å². The maximum Gasteiger partial charge on any atom is 0.0596 e. The van der Waals surface area contributed by atoms with E-state index in [1.807, 2.05) is 11.8 Å². The van der Waals surface area contributed by atoms with Crippen molar-refractivity contribution < 1.29 is 4.74 Å². The number of benzene rings is 1. The van der Waals surface area contributed by atoms with E-state index >= 15 is 0 Å². The lowest BCUT2D eigenvalue weighted by Crippen LogP contribution is -2.26. The zero-order valence-electron chi connectivity index (χ0n) is 11.1. The van der Waals surface area contributed by atoms with Crippen LogP contribution in [-0.4, -0.2) is 43.5 Å². The van der Waals surface area contributed by atoms with E-state index in [0.29, 0.717) is 6.10 Å². The summed E-state index contributed by atoms with van der Waals surface area (Å²) in [7, 11) is 2.15. The Balaban J connectivity index is 2.06. The second kappa shape index (κ2) is 8.56. The van der Waals surface area contributed by atoms with Gasteiger partial charge in [0.05, 0.1) is 12.7 Å². The summed E-state index contributed by atoms with van der Waals surface area (Å²) < 4.78 is 5.53. The highest BCUT2D eigenvalue weighted by molar-refractivity contribution is 7.99. The van der Waals surface area contributed by atoms with Crippen LogP contribution in [0.3, 0.4) is 0 Å². The minimum absolute atomic E-state index is 0.335. The van der Waals surface area contributed by atoms with E-state index in [9.17, 15) is 0 Å². The first-order valence-electron chi connectivity index (χ1n) is 6.16. The molecule has 0 fully saturated rings. The van der Waals surface area contributed by atoms with Crippen LogP contribution < -0.4 is 0 Å². The maximum atomic E-state index is 5.53. The third kappa shape index (κ3) is 7.42. The van der Waals surface area contributed by atoms with E-state index in [0.717, 1.165) is 25.4 Å². The summed E-state index contributed by atoms with van der Waals surface area (Å²) in [5, 5.41) is 0. The van der Waals surface area contributed by atoms with Gasteiger partial charge in [-0.05, 0) is 33.0 Å². The Kier molecular flexibility index (Phi) is 7.33. The Morgan fingerprint density at radius 3 is 2.53 bits per heavy atom. The molecule has 1 rings (SSSR count). The lowest BCUT2D eigenvalue weighted by atomic mass is 10.4. The normalized spacial score (nSPS) is 11.4. The average molecular weight is 253 g/mol. The molecule has 96 valence electrons. The molecule has 0 atom stereocenters. The van der Waals surface area contributed by atoms with Gasteiger partial charge in [-0.25, -0.2) is 0 Å². The Hall–Kier alpha value is -0.510. The third-order valence-corrected chi connectivity index (χ3v) is 3.40. The molecule has 1 aromatic carbocycles. The maximum absolute atomic E-state index is 5.53. The quantitative estimate of drug-likeness (QED) is 0.660. The Morgan fingerprint density at radius 2 is 1.88 bits per heavy atom. The Morgan fingerprint density at radius 1 is 1.18 bits per heavy atom. The SMILES string of the molecule is CC(C)OCCN(C)CCSc1ccccc1. The second-order valence-corrected chi connectivity index (χ2v) is 5.55. The number of likely N-dealkylation sites (N-methyl/N-ethyl adjacent to an activating group) is 1. The molecule has 0 amide bonds. The van der Waals surface area contributed by atoms with Gasteiger partial charge in [0.25, 0.3) is 0 Å². The van der Waals surface area contributed by atoms with Crippen LogP contribution in [0.15, 0.2) is 35.2 Å². The number of hydrogen-bond acceptors (Lipinski definition) is 3. The standard InChI is InChI=1S/C14H23NOS/c1-13(2)16-11-9-15(3)10-12-17-14-7-5-4-6-8-14/h4-8,13H,9-12H2,1-3H3. The molecule has 0 bridgehead atoms. The van der Waals surface area contributed by atoms with Gasteiger partial charge >= 0.3 is 0 Å². The fraction of sp³-hybridized carbons (Fsp3) is 0.571. The zero-order chi connectivity index (χ0) is 12.5. The number of hydrogen-bond donors (Lipinski definition) is 0. The van der Waals surface area contributed by atoms with Crippen molar-refractivity contribution >= 4 is 11.8 Å². The summed E-state index contributed by atoms with van der Waals surface area (Å²) in [6.45, 7) is 7.08. The summed E-state index contributed by atoms with van der Waals surface area (Å²) in [5.74, 6) is 1.13. The van der Waals surface area contributed by atoms with Gasteiger partial charge in [0.2, 0.25) is 0 Å². The van der Waals surface area contributed by atoms with Crippen LogP contribution in [0.4, 0.5) is 0 Å². The number of thioether (sulfide) groups is 1. The molecule has 0 N–H and O–H groups in total. The van der Waals surface area contributed by atoms with Gasteiger partial charge < -0.3 is 9.64 Å². The molecule has 0 unspecified atom stereocenters. The number of ether oxygens (including phenoxy) is 1. The van der Waals surface area contributed by atoms with Crippen LogP contribution in [0.1, 0.15) is 13.8 Å². The first-order chi connectivity index (χ1) is 8.18. The zero-order valence-corrected chi connectivity index (χ0v) is 11.9. The Bertz CT molecular complexity index is 290. The van der Waals surface area contributed by atoms with Gasteiger partial charge in [0.1, 0.15) is 0 Å². The molecule has 0 aliphatic heterocycles. The molecule has 2 nitrogen and oxygen atoms in total. The minimum Gasteiger partial charge on any atom is -0.377 e. The van der Waals surface area contributed by atoms with Crippen molar-refractivity contribution in [2.45, 2.75) is 24.8 Å². The van der Waals surface area contributed by atoms with Gasteiger partial charge in [0.15, 0.2) is 0 Å². The molecule has 17 heavy (non-hydrogen) atoms. The van der Waals surface area contributed by atoms with Crippen molar-refractivity contribution in [3.63, 3.8) is 0 Å². The van der Waals surface area contributed by atoms with Crippen LogP contribution in [0.2, 0.25) is 0 Å². The van der Waals surface area contributed by atoms with Crippen LogP contribution in [0.25, 0.3) is 0 Å². The van der Waals surface area contributed by atoms with Crippen molar-refractivity contribution in [2.75, 3.05) is 32.5 Å². The fourth-order valence-electron chi connectivity index (χ4n) is 1.39. The molecule has 0 aliphatic rings. The fourth-order valence-corrected chi connectivity index (χ4v) is 2.38. The topological polar surface area (TPSA) is 12.5 Å². The summed E-state index contributed by atoms with van der Waals surface area (Å²) in [4.78, 5) is 3.66. The first kappa shape index (κ1) is 14.6. The second-order valence-electron chi connectivity index (χ2n) is 4.38. The first-order valence-corrected chi connectivity index (χ1v) is 7.15. The monoisotopic (exact) mass is 253 g/mol. The summed E-state index contributed by atoms with van der Waals surface area (Å²) in [6.07, 6.45) is 0.335. The number of rotatable bonds is 8. The predicted molar refractivity (Wildman–Crippen MR) is 75.8 cm³/mol. The summed E-state index contributed by atoms with van der Waals surface area (Å²) >= 11 is 1.91. The van der Waals surface area contributed by atoms with Gasteiger partial charge in [-0.2, -0.15) is 0 Å². The van der Waals surface area contributed by atoms with E-state index in [-0.39, 0.29) is 0 Å². The summed E-state index contributed by atoms with van der Waals surface area (Å²) in [6, 6.07) is 10.5. The average Bonchev–Trinajstić information content (AvgIpc) is 2.30. The molecule has 3 heteroatoms. The molecular formula is C14H23NOS. The molecule has 0 aliphatic carbocycles. The van der Waals surface area contributed by atoms with Gasteiger partial charge in [-0.3, -0.25) is 0 Å². The van der Waals surface area contributed by atoms with Gasteiger partial charge in [0, 0.05) is 23.7 Å². The smallest absolute Gasteiger partial charge is 0.0596 e. The molecule has 1 aromatic rings. The highest BCUT2D eigenvalue weighted by Crippen LogP contribution is 2.16. The van der Waals surface area contributed by atoms with Crippen molar-refractivity contribution in [3.8, 4) is 0 Å². The van der Waals surface area contributed by atoms with E-state index in [1.54, 1.807) is 0 Å². The molecule has 0 saturated carbocycles. The molecule has 0 spiro atoms. The van der Waals surface area contributed by atoms with Gasteiger partial charge in [-0.1, -0.05) is 18.2 Å². The van der Waals surface area contributed by atoms with E-state index in [1.165, 1.54) is 4.90 Å². The predicted octanol–water partition coefficient (Wildman–Crippen LogP) is 3.14. The third-order valence-electron chi connectivity index (χ3n) is 2.41. The van der Waals surface area contributed by atoms with Crippen LogP contribution in [-0.2, 0) is 4.74 Å². The van der Waals surface area contributed by atoms with Crippen molar-refractivity contribution in [2.24, 2.45) is 0 Å². The highest BCUT2D eigenvalue weighted by Gasteiger charge is 2.00. The molecule has 0 aromatic heterocycles. The van der Waals surface area contributed by atoms with E-state index < -0.39 is 0 Å². The van der Waals surface area contributed by atoms with Crippen molar-refractivity contribution in [3.05, 3.63) is 30.3 Å². The molecule has 0 saturated heterocycles. The van der Waals surface area contributed by atoms with Crippen molar-refractivity contribution in [1.82, 2.24) is 4.90 Å².